The Hall–Kier alpha value is -3.87. The van der Waals surface area contributed by atoms with Crippen molar-refractivity contribution in [3.63, 3.8) is 0 Å². The van der Waals surface area contributed by atoms with Gasteiger partial charge in [-0.2, -0.15) is 0 Å². The first-order chi connectivity index (χ1) is 18.4. The lowest BCUT2D eigenvalue weighted by atomic mass is 9.83. The third-order valence-electron chi connectivity index (χ3n) is 7.34. The van der Waals surface area contributed by atoms with Gasteiger partial charge >= 0.3 is 5.97 Å². The molecule has 0 bridgehead atoms. The first kappa shape index (κ1) is 28.1. The van der Waals surface area contributed by atoms with E-state index in [9.17, 15) is 9.59 Å². The minimum atomic E-state index is -1.07. The number of carboxylic acid groups (broad SMARTS) is 1. The molecule has 0 aromatic heterocycles. The molecule has 0 spiro atoms. The summed E-state index contributed by atoms with van der Waals surface area (Å²) in [5.74, 6) is -0.551. The Bertz CT molecular complexity index is 1480. The molecule has 5 rings (SSSR count). The molecular weight excluding hydrogens is 512 g/mol. The molecule has 202 valence electrons. The molecule has 39 heavy (non-hydrogen) atoms. The van der Waals surface area contributed by atoms with Crippen LogP contribution in [0.4, 0.5) is 0 Å². The highest BCUT2D eigenvalue weighted by Crippen LogP contribution is 2.41. The average molecular weight is 545 g/mol. The lowest BCUT2D eigenvalue weighted by Crippen LogP contribution is -2.37. The van der Waals surface area contributed by atoms with Gasteiger partial charge < -0.3 is 20.5 Å². The van der Waals surface area contributed by atoms with Gasteiger partial charge in [0.25, 0.3) is 5.91 Å². The minimum absolute atomic E-state index is 0. The number of fused-ring (bicyclic) bond motifs is 2. The second-order valence-electron chi connectivity index (χ2n) is 9.92. The van der Waals surface area contributed by atoms with E-state index < -0.39 is 12.5 Å². The summed E-state index contributed by atoms with van der Waals surface area (Å²) in [6.45, 7) is 4.30. The van der Waals surface area contributed by atoms with Gasteiger partial charge in [0.1, 0.15) is 18.4 Å². The van der Waals surface area contributed by atoms with Crippen molar-refractivity contribution in [3.05, 3.63) is 113 Å². The van der Waals surface area contributed by atoms with Crippen LogP contribution < -0.4 is 15.4 Å². The summed E-state index contributed by atoms with van der Waals surface area (Å²) in [6, 6.07) is 28.9. The monoisotopic (exact) mass is 544 g/mol. The normalized spacial score (nSPS) is 16.9. The number of ether oxygens (including phenoxy) is 1. The molecule has 4 aromatic rings. The zero-order valence-electron chi connectivity index (χ0n) is 22.0. The first-order valence-corrected chi connectivity index (χ1v) is 13.0. The molecule has 1 aliphatic heterocycles. The summed E-state index contributed by atoms with van der Waals surface area (Å²) in [7, 11) is 0. The molecule has 0 aliphatic carbocycles. The number of para-hydroxylation sites is 1. The first-order valence-electron chi connectivity index (χ1n) is 13.0. The molecule has 0 unspecified atom stereocenters. The Morgan fingerprint density at radius 3 is 2.56 bits per heavy atom. The van der Waals surface area contributed by atoms with E-state index in [1.54, 1.807) is 0 Å². The van der Waals surface area contributed by atoms with Gasteiger partial charge in [-0.25, -0.2) is 0 Å². The minimum Gasteiger partial charge on any atom is -0.489 e. The second-order valence-corrected chi connectivity index (χ2v) is 9.92. The molecule has 0 radical (unpaired) electrons. The molecule has 3 atom stereocenters. The van der Waals surface area contributed by atoms with Crippen LogP contribution >= 0.6 is 12.4 Å². The third-order valence-corrected chi connectivity index (χ3v) is 7.34. The average Bonchev–Trinajstić information content (AvgIpc) is 2.94. The fourth-order valence-corrected chi connectivity index (χ4v) is 5.33. The number of benzene rings is 4. The summed E-state index contributed by atoms with van der Waals surface area (Å²) in [6.07, 6.45) is 0.698. The van der Waals surface area contributed by atoms with Crippen LogP contribution in [0, 0.1) is 6.92 Å². The number of hydrogen-bond donors (Lipinski definition) is 3. The summed E-state index contributed by atoms with van der Waals surface area (Å²) in [5.41, 5.74) is 4.66. The second kappa shape index (κ2) is 12.3. The summed E-state index contributed by atoms with van der Waals surface area (Å²) in [5, 5.41) is 17.6. The maximum absolute atomic E-state index is 12.7. The predicted octanol–water partition coefficient (Wildman–Crippen LogP) is 6.02. The third kappa shape index (κ3) is 6.24. The summed E-state index contributed by atoms with van der Waals surface area (Å²) in [4.78, 5) is 23.6. The van der Waals surface area contributed by atoms with E-state index in [1.165, 1.54) is 16.3 Å². The van der Waals surface area contributed by atoms with Crippen molar-refractivity contribution in [2.75, 3.05) is 13.1 Å². The van der Waals surface area contributed by atoms with Crippen LogP contribution in [0.1, 0.15) is 57.9 Å². The van der Waals surface area contributed by atoms with Crippen molar-refractivity contribution in [2.45, 2.75) is 38.3 Å². The number of halogens is 1. The van der Waals surface area contributed by atoms with Crippen LogP contribution in [0.5, 0.6) is 5.75 Å². The number of carboxylic acids is 1. The largest absolute Gasteiger partial charge is 0.489 e. The van der Waals surface area contributed by atoms with Crippen LogP contribution in [0.3, 0.4) is 0 Å². The highest BCUT2D eigenvalue weighted by atomic mass is 35.5. The van der Waals surface area contributed by atoms with E-state index in [0.29, 0.717) is 12.1 Å². The molecule has 7 heteroatoms. The number of carbonyl (C=O) groups excluding carboxylic acids is 1. The molecule has 4 aromatic carbocycles. The molecular formula is C32H33ClN2O4. The number of carbonyl (C=O) groups is 2. The van der Waals surface area contributed by atoms with Crippen molar-refractivity contribution < 1.29 is 19.4 Å². The molecule has 1 aliphatic rings. The van der Waals surface area contributed by atoms with Gasteiger partial charge in [0, 0.05) is 29.6 Å². The van der Waals surface area contributed by atoms with E-state index in [2.05, 4.69) is 72.2 Å². The topological polar surface area (TPSA) is 87.7 Å². The van der Waals surface area contributed by atoms with Crippen molar-refractivity contribution >= 4 is 35.1 Å². The lowest BCUT2D eigenvalue weighted by molar-refractivity contribution is -0.135. The highest BCUT2D eigenvalue weighted by molar-refractivity contribution is 5.97. The molecule has 1 amide bonds. The van der Waals surface area contributed by atoms with E-state index in [1.807, 2.05) is 37.3 Å². The number of rotatable bonds is 8. The van der Waals surface area contributed by atoms with Crippen molar-refractivity contribution in [3.8, 4) is 5.75 Å². The Labute approximate surface area is 234 Å². The number of amides is 1. The molecule has 3 N–H and O–H groups in total. The van der Waals surface area contributed by atoms with Crippen LogP contribution in [0.15, 0.2) is 84.9 Å². The van der Waals surface area contributed by atoms with E-state index in [-0.39, 0.29) is 36.4 Å². The van der Waals surface area contributed by atoms with Gasteiger partial charge in [-0.15, -0.1) is 12.4 Å². The maximum Gasteiger partial charge on any atom is 0.322 e. The van der Waals surface area contributed by atoms with E-state index in [4.69, 9.17) is 9.84 Å². The van der Waals surface area contributed by atoms with Crippen molar-refractivity contribution in [1.82, 2.24) is 10.6 Å². The quantitative estimate of drug-likeness (QED) is 0.252. The van der Waals surface area contributed by atoms with Gasteiger partial charge in [-0.3, -0.25) is 9.59 Å². The maximum atomic E-state index is 12.7. The molecule has 0 fully saturated rings. The van der Waals surface area contributed by atoms with Crippen molar-refractivity contribution in [1.29, 1.82) is 0 Å². The highest BCUT2D eigenvalue weighted by Gasteiger charge is 2.30. The summed E-state index contributed by atoms with van der Waals surface area (Å²) < 4.78 is 6.42. The Balaban J connectivity index is 0.00000353. The van der Waals surface area contributed by atoms with Crippen LogP contribution in [0.25, 0.3) is 10.8 Å². The van der Waals surface area contributed by atoms with Crippen LogP contribution in [-0.4, -0.2) is 36.2 Å². The number of aryl methyl sites for hydroxylation is 1. The van der Waals surface area contributed by atoms with Crippen molar-refractivity contribution in [2.24, 2.45) is 0 Å². The van der Waals surface area contributed by atoms with Gasteiger partial charge in [-0.1, -0.05) is 72.8 Å². The van der Waals surface area contributed by atoms with Crippen LogP contribution in [-0.2, 0) is 4.79 Å². The standard InChI is InChI=1S/C32H32N2O4.ClH/c1-20-14-15-23(16-28(20)32(37)34-19-31(35)36)29-17-24(38-30-13-6-5-11-27(29)30)18-33-21(2)25-12-7-9-22-8-3-4-10-26(22)25;/h3-16,21,24,29,33H,17-19H2,1-2H3,(H,34,37)(H,35,36);1H/t21-,24-,29+;/m1./s1. The fraction of sp³-hybridized carbons (Fsp3) is 0.250. The number of nitrogens with one attached hydrogen (secondary N) is 2. The van der Waals surface area contributed by atoms with Gasteiger partial charge in [-0.05, 0) is 59.9 Å². The smallest absolute Gasteiger partial charge is 0.322 e. The number of aliphatic carboxylic acids is 1. The summed E-state index contributed by atoms with van der Waals surface area (Å²) >= 11 is 0. The van der Waals surface area contributed by atoms with E-state index in [0.717, 1.165) is 28.9 Å². The molecule has 1 heterocycles. The van der Waals surface area contributed by atoms with Gasteiger partial charge in [0.15, 0.2) is 0 Å². The van der Waals surface area contributed by atoms with E-state index >= 15 is 0 Å². The van der Waals surface area contributed by atoms with Gasteiger partial charge in [0.05, 0.1) is 0 Å². The Kier molecular flexibility index (Phi) is 8.90. The lowest BCUT2D eigenvalue weighted by Gasteiger charge is -2.33. The van der Waals surface area contributed by atoms with Crippen LogP contribution in [0.2, 0.25) is 0 Å². The number of hydrogen-bond acceptors (Lipinski definition) is 4. The van der Waals surface area contributed by atoms with Gasteiger partial charge in [0.2, 0.25) is 0 Å². The Morgan fingerprint density at radius 1 is 1.00 bits per heavy atom. The zero-order valence-corrected chi connectivity index (χ0v) is 22.8. The molecule has 6 nitrogen and oxygen atoms in total. The SMILES string of the molecule is Cc1ccc([C@@H]2C[C@H](CN[C@H](C)c3cccc4ccccc34)Oc3ccccc32)cc1C(=O)NCC(=O)O.Cl. The predicted molar refractivity (Wildman–Crippen MR) is 156 cm³/mol. The molecule has 0 saturated heterocycles. The Morgan fingerprint density at radius 2 is 1.74 bits per heavy atom. The zero-order chi connectivity index (χ0) is 26.6. The fourth-order valence-electron chi connectivity index (χ4n) is 5.33. The molecule has 0 saturated carbocycles.